The van der Waals surface area contributed by atoms with Gasteiger partial charge in [-0.25, -0.2) is 4.79 Å². The monoisotopic (exact) mass is 362 g/mol. The number of nitrogens with one attached hydrogen (secondary N) is 2. The molecule has 0 spiro atoms. The molecule has 7 nitrogen and oxygen atoms in total. The summed E-state index contributed by atoms with van der Waals surface area (Å²) in [5, 5.41) is 14.3. The van der Waals surface area contributed by atoms with Crippen molar-refractivity contribution >= 4 is 12.0 Å². The minimum absolute atomic E-state index is 0.148. The first-order chi connectivity index (χ1) is 12.5. The van der Waals surface area contributed by atoms with Gasteiger partial charge >= 0.3 is 6.09 Å². The van der Waals surface area contributed by atoms with Gasteiger partial charge < -0.3 is 25.2 Å². The molecule has 0 aromatic heterocycles. The van der Waals surface area contributed by atoms with Gasteiger partial charge in [0.05, 0.1) is 19.3 Å². The van der Waals surface area contributed by atoms with Gasteiger partial charge in [-0.05, 0) is 29.7 Å². The third-order valence-corrected chi connectivity index (χ3v) is 4.13. The number of hydrogen-bond acceptors (Lipinski definition) is 4. The highest BCUT2D eigenvalue weighted by Gasteiger charge is 2.25. The standard InChI is InChI=1S/C19H26N2O5/c1-13(2)17-12-25-9-3-4-10-26-15-7-5-14(6-8-15)11-16(18(22)20-17)21-19(23)24/h3-8,13,16-17,21H,9-12H2,1-2H3,(H,20,22)(H,23,24)/t16-,17+/m1/s1. The molecule has 0 fully saturated rings. The lowest BCUT2D eigenvalue weighted by Gasteiger charge is -2.25. The zero-order chi connectivity index (χ0) is 18.9. The maximum absolute atomic E-state index is 12.6. The molecule has 26 heavy (non-hydrogen) atoms. The van der Waals surface area contributed by atoms with Crippen LogP contribution in [0.5, 0.6) is 5.75 Å². The van der Waals surface area contributed by atoms with Crippen LogP contribution in [0.1, 0.15) is 19.4 Å². The summed E-state index contributed by atoms with van der Waals surface area (Å²) in [5.74, 6) is 0.492. The average molecular weight is 362 g/mol. The van der Waals surface area contributed by atoms with Crippen molar-refractivity contribution < 1.29 is 24.2 Å². The topological polar surface area (TPSA) is 96.9 Å². The van der Waals surface area contributed by atoms with Gasteiger partial charge in [0, 0.05) is 6.42 Å². The molecule has 2 amide bonds. The Bertz CT molecular complexity index is 627. The highest BCUT2D eigenvalue weighted by atomic mass is 16.5. The molecule has 7 heteroatoms. The summed E-state index contributed by atoms with van der Waals surface area (Å²) in [6, 6.07) is 6.18. The second kappa shape index (κ2) is 9.82. The zero-order valence-corrected chi connectivity index (χ0v) is 15.1. The lowest BCUT2D eigenvalue weighted by molar-refractivity contribution is -0.124. The van der Waals surface area contributed by atoms with Crippen LogP contribution in [-0.2, 0) is 16.0 Å². The van der Waals surface area contributed by atoms with Crippen LogP contribution >= 0.6 is 0 Å². The number of carboxylic acid groups (broad SMARTS) is 1. The number of ether oxygens (including phenoxy) is 2. The Morgan fingerprint density at radius 1 is 1.23 bits per heavy atom. The maximum atomic E-state index is 12.6. The minimum Gasteiger partial charge on any atom is -0.490 e. The van der Waals surface area contributed by atoms with Crippen LogP contribution in [0.25, 0.3) is 0 Å². The fourth-order valence-corrected chi connectivity index (χ4v) is 2.54. The number of carbonyl (C=O) groups is 2. The predicted octanol–water partition coefficient (Wildman–Crippen LogP) is 1.97. The van der Waals surface area contributed by atoms with Gasteiger partial charge in [0.1, 0.15) is 18.4 Å². The highest BCUT2D eigenvalue weighted by molar-refractivity contribution is 5.85. The molecule has 142 valence electrons. The van der Waals surface area contributed by atoms with E-state index in [0.29, 0.717) is 25.6 Å². The van der Waals surface area contributed by atoms with Crippen LogP contribution in [0.15, 0.2) is 36.4 Å². The largest absolute Gasteiger partial charge is 0.490 e. The van der Waals surface area contributed by atoms with Crippen LogP contribution < -0.4 is 15.4 Å². The molecule has 0 saturated heterocycles. The van der Waals surface area contributed by atoms with E-state index in [-0.39, 0.29) is 24.3 Å². The summed E-state index contributed by atoms with van der Waals surface area (Å²) in [4.78, 5) is 23.7. The van der Waals surface area contributed by atoms with Gasteiger partial charge in [0.15, 0.2) is 0 Å². The van der Waals surface area contributed by atoms with E-state index in [0.717, 1.165) is 5.56 Å². The van der Waals surface area contributed by atoms with Crippen LogP contribution in [0.4, 0.5) is 4.79 Å². The first kappa shape index (κ1) is 19.8. The molecule has 0 aliphatic carbocycles. The third kappa shape index (κ3) is 6.40. The van der Waals surface area contributed by atoms with E-state index in [1.165, 1.54) is 0 Å². The lowest BCUT2D eigenvalue weighted by atomic mass is 10.0. The highest BCUT2D eigenvalue weighted by Crippen LogP contribution is 2.14. The van der Waals surface area contributed by atoms with E-state index in [1.807, 2.05) is 38.1 Å². The molecule has 0 radical (unpaired) electrons. The Labute approximate surface area is 153 Å². The molecule has 2 aliphatic heterocycles. The molecular weight excluding hydrogens is 336 g/mol. The van der Waals surface area contributed by atoms with Gasteiger partial charge in [-0.3, -0.25) is 4.79 Å². The quantitative estimate of drug-likeness (QED) is 0.699. The third-order valence-electron chi connectivity index (χ3n) is 4.13. The molecule has 0 unspecified atom stereocenters. The second-order valence-corrected chi connectivity index (χ2v) is 6.53. The van der Waals surface area contributed by atoms with E-state index in [9.17, 15) is 9.59 Å². The normalized spacial score (nSPS) is 21.9. The van der Waals surface area contributed by atoms with Crippen LogP contribution in [0.3, 0.4) is 0 Å². The molecular formula is C19H26N2O5. The summed E-state index contributed by atoms with van der Waals surface area (Å²) in [6.45, 7) is 5.17. The zero-order valence-electron chi connectivity index (χ0n) is 15.1. The molecule has 2 aliphatic rings. The van der Waals surface area contributed by atoms with Crippen molar-refractivity contribution in [3.8, 4) is 5.75 Å². The first-order valence-electron chi connectivity index (χ1n) is 8.70. The van der Waals surface area contributed by atoms with E-state index in [4.69, 9.17) is 14.6 Å². The molecule has 0 saturated carbocycles. The number of rotatable bonds is 2. The average Bonchev–Trinajstić information content (AvgIpc) is 2.59. The molecule has 2 heterocycles. The Morgan fingerprint density at radius 2 is 1.92 bits per heavy atom. The van der Waals surface area contributed by atoms with Crippen LogP contribution in [0.2, 0.25) is 0 Å². The SMILES string of the molecule is CC(C)[C@@H]1COCC=CCOc2ccc(cc2)C[C@@H](NC(=O)O)C(=O)N1. The van der Waals surface area contributed by atoms with Crippen LogP contribution in [0, 0.1) is 5.92 Å². The Balaban J connectivity index is 2.21. The Hall–Kier alpha value is -2.54. The Morgan fingerprint density at radius 3 is 2.58 bits per heavy atom. The number of benzene rings is 1. The van der Waals surface area contributed by atoms with E-state index in [1.54, 1.807) is 12.1 Å². The van der Waals surface area contributed by atoms with E-state index < -0.39 is 12.1 Å². The smallest absolute Gasteiger partial charge is 0.405 e. The van der Waals surface area contributed by atoms with Gasteiger partial charge in [0.25, 0.3) is 0 Å². The molecule has 2 atom stereocenters. The van der Waals surface area contributed by atoms with Gasteiger partial charge in [-0.2, -0.15) is 0 Å². The number of carbonyl (C=O) groups excluding carboxylic acids is 1. The van der Waals surface area contributed by atoms with E-state index in [2.05, 4.69) is 10.6 Å². The predicted molar refractivity (Wildman–Crippen MR) is 97.3 cm³/mol. The van der Waals surface area contributed by atoms with Gasteiger partial charge in [-0.1, -0.05) is 32.1 Å². The van der Waals surface area contributed by atoms with Crippen molar-refractivity contribution in [3.05, 3.63) is 42.0 Å². The molecule has 1 aromatic carbocycles. The second-order valence-electron chi connectivity index (χ2n) is 6.53. The minimum atomic E-state index is -1.23. The van der Waals surface area contributed by atoms with Crippen molar-refractivity contribution in [2.24, 2.45) is 5.92 Å². The summed E-state index contributed by atoms with van der Waals surface area (Å²) in [6.07, 6.45) is 2.77. The van der Waals surface area contributed by atoms with Crippen molar-refractivity contribution in [2.75, 3.05) is 19.8 Å². The molecule has 1 aromatic rings. The first-order valence-corrected chi connectivity index (χ1v) is 8.70. The van der Waals surface area contributed by atoms with Crippen molar-refractivity contribution in [1.29, 1.82) is 0 Å². The lowest BCUT2D eigenvalue weighted by Crippen LogP contribution is -2.52. The van der Waals surface area contributed by atoms with Gasteiger partial charge in [0.2, 0.25) is 5.91 Å². The van der Waals surface area contributed by atoms with Crippen molar-refractivity contribution in [1.82, 2.24) is 10.6 Å². The molecule has 3 rings (SSSR count). The number of fused-ring (bicyclic) bond motifs is 12. The summed E-state index contributed by atoms with van der Waals surface area (Å²) >= 11 is 0. The molecule has 2 bridgehead atoms. The van der Waals surface area contributed by atoms with Crippen LogP contribution in [-0.4, -0.2) is 49.0 Å². The fourth-order valence-electron chi connectivity index (χ4n) is 2.54. The van der Waals surface area contributed by atoms with Crippen molar-refractivity contribution in [3.63, 3.8) is 0 Å². The number of hydrogen-bond donors (Lipinski definition) is 3. The summed E-state index contributed by atoms with van der Waals surface area (Å²) in [5.41, 5.74) is 0.839. The van der Waals surface area contributed by atoms with Gasteiger partial charge in [-0.15, -0.1) is 0 Å². The summed E-state index contributed by atoms with van der Waals surface area (Å²) in [7, 11) is 0. The van der Waals surface area contributed by atoms with E-state index >= 15 is 0 Å². The Kier molecular flexibility index (Phi) is 7.47. The van der Waals surface area contributed by atoms with Crippen molar-refractivity contribution in [2.45, 2.75) is 32.4 Å². The maximum Gasteiger partial charge on any atom is 0.405 e. The fraction of sp³-hybridized carbons (Fsp3) is 0.474. The summed E-state index contributed by atoms with van der Waals surface area (Å²) < 4.78 is 11.2. The number of amides is 2. The molecule has 3 N–H and O–H groups in total.